The maximum absolute atomic E-state index is 4.27. The van der Waals surface area contributed by atoms with Gasteiger partial charge in [0.1, 0.15) is 0 Å². The van der Waals surface area contributed by atoms with Crippen LogP contribution in [0.1, 0.15) is 35.4 Å². The maximum Gasteiger partial charge on any atom is 0.0405 e. The highest BCUT2D eigenvalue weighted by atomic mass is 15.2. The maximum atomic E-state index is 4.27. The van der Waals surface area contributed by atoms with Crippen molar-refractivity contribution >= 4 is 5.69 Å². The van der Waals surface area contributed by atoms with Gasteiger partial charge in [0.05, 0.1) is 0 Å². The van der Waals surface area contributed by atoms with Gasteiger partial charge in [-0.05, 0) is 63.0 Å². The van der Waals surface area contributed by atoms with E-state index in [0.717, 1.165) is 13.0 Å². The summed E-state index contributed by atoms with van der Waals surface area (Å²) in [6, 6.07) is 11.9. The van der Waals surface area contributed by atoms with E-state index >= 15 is 0 Å². The zero-order chi connectivity index (χ0) is 16.5. The van der Waals surface area contributed by atoms with E-state index in [-0.39, 0.29) is 0 Å². The number of hydrogen-bond acceptors (Lipinski definition) is 3. The number of hydrogen-bond donors (Lipinski definition) is 0. The zero-order valence-electron chi connectivity index (χ0n) is 14.8. The Labute approximate surface area is 145 Å². The first-order valence-corrected chi connectivity index (χ1v) is 9.17. The summed E-state index contributed by atoms with van der Waals surface area (Å²) < 4.78 is 0. The van der Waals surface area contributed by atoms with Crippen LogP contribution in [0.5, 0.6) is 0 Å². The first-order valence-electron chi connectivity index (χ1n) is 9.17. The minimum atomic E-state index is 0.654. The molecular weight excluding hydrogens is 294 g/mol. The van der Waals surface area contributed by atoms with Crippen LogP contribution < -0.4 is 4.90 Å². The van der Waals surface area contributed by atoms with Crippen LogP contribution in [0.3, 0.4) is 0 Å². The molecule has 0 radical (unpaired) electrons. The molecule has 1 aromatic heterocycles. The van der Waals surface area contributed by atoms with Gasteiger partial charge in [-0.3, -0.25) is 4.98 Å². The lowest BCUT2D eigenvalue weighted by Crippen LogP contribution is -2.37. The van der Waals surface area contributed by atoms with Crippen molar-refractivity contribution in [3.8, 4) is 0 Å². The summed E-state index contributed by atoms with van der Waals surface area (Å²) >= 11 is 0. The summed E-state index contributed by atoms with van der Waals surface area (Å²) in [5.74, 6) is 0.654. The highest BCUT2D eigenvalue weighted by molar-refractivity contribution is 5.63. The van der Waals surface area contributed by atoms with Gasteiger partial charge in [-0.2, -0.15) is 0 Å². The fourth-order valence-electron chi connectivity index (χ4n) is 4.49. The van der Waals surface area contributed by atoms with Crippen molar-refractivity contribution in [1.82, 2.24) is 9.88 Å². The molecule has 1 aromatic carbocycles. The smallest absolute Gasteiger partial charge is 0.0405 e. The molecule has 0 bridgehead atoms. The molecule has 3 heteroatoms. The fraction of sp³-hybridized carbons (Fsp3) is 0.476. The second-order valence-electron chi connectivity index (χ2n) is 7.45. The standard InChI is InChI=1S/C21H27N3/c1-16-7-8-21-18(13-16)19-15-23(2)11-4-6-20(19)24(21)12-9-17-5-3-10-22-14-17/h3,5,7-8,10,13-14,19-20H,4,6,9,11-12,15H2,1-2H3/t19?,20-/m0/s1. The lowest BCUT2D eigenvalue weighted by Gasteiger charge is -2.29. The second-order valence-corrected chi connectivity index (χ2v) is 7.45. The summed E-state index contributed by atoms with van der Waals surface area (Å²) in [7, 11) is 2.27. The van der Waals surface area contributed by atoms with Gasteiger partial charge in [0.15, 0.2) is 0 Å². The predicted molar refractivity (Wildman–Crippen MR) is 99.7 cm³/mol. The van der Waals surface area contributed by atoms with Crippen molar-refractivity contribution in [2.75, 3.05) is 31.6 Å². The van der Waals surface area contributed by atoms with Gasteiger partial charge in [-0.25, -0.2) is 0 Å². The molecule has 4 rings (SSSR count). The third kappa shape index (κ3) is 2.93. The average molecular weight is 321 g/mol. The van der Waals surface area contributed by atoms with Gasteiger partial charge in [0.2, 0.25) is 0 Å². The van der Waals surface area contributed by atoms with Gasteiger partial charge < -0.3 is 9.80 Å². The molecule has 1 saturated heterocycles. The number of nitrogens with zero attached hydrogens (tertiary/aromatic N) is 3. The number of rotatable bonds is 3. The van der Waals surface area contributed by atoms with Crippen molar-refractivity contribution in [3.05, 3.63) is 59.4 Å². The van der Waals surface area contributed by atoms with Gasteiger partial charge in [0, 0.05) is 43.1 Å². The topological polar surface area (TPSA) is 19.4 Å². The largest absolute Gasteiger partial charge is 0.367 e. The molecule has 126 valence electrons. The van der Waals surface area contributed by atoms with Crippen LogP contribution in [0, 0.1) is 6.92 Å². The molecule has 0 aliphatic carbocycles. The third-order valence-corrected chi connectivity index (χ3v) is 5.67. The molecule has 2 aliphatic heterocycles. The molecule has 0 saturated carbocycles. The number of likely N-dealkylation sites (tertiary alicyclic amines) is 1. The summed E-state index contributed by atoms with van der Waals surface area (Å²) in [6.07, 6.45) is 7.53. The summed E-state index contributed by atoms with van der Waals surface area (Å²) in [5, 5.41) is 0. The van der Waals surface area contributed by atoms with Crippen LogP contribution in [0.4, 0.5) is 5.69 Å². The molecule has 1 unspecified atom stereocenters. The molecule has 2 atom stereocenters. The first kappa shape index (κ1) is 15.6. The number of anilines is 1. The van der Waals surface area contributed by atoms with E-state index in [2.05, 4.69) is 53.0 Å². The van der Waals surface area contributed by atoms with Crippen LogP contribution in [0.2, 0.25) is 0 Å². The molecular formula is C21H27N3. The van der Waals surface area contributed by atoms with Crippen LogP contribution in [-0.4, -0.2) is 42.6 Å². The molecule has 0 N–H and O–H groups in total. The van der Waals surface area contributed by atoms with E-state index in [1.54, 1.807) is 5.56 Å². The summed E-state index contributed by atoms with van der Waals surface area (Å²) in [6.45, 7) is 5.72. The van der Waals surface area contributed by atoms with Crippen LogP contribution in [0.15, 0.2) is 42.7 Å². The third-order valence-electron chi connectivity index (χ3n) is 5.67. The molecule has 3 heterocycles. The van der Waals surface area contributed by atoms with E-state index in [9.17, 15) is 0 Å². The SMILES string of the molecule is Cc1ccc2c(c1)C1CN(C)CCC[C@@H]1N2CCc1cccnc1. The lowest BCUT2D eigenvalue weighted by molar-refractivity contribution is 0.330. The Kier molecular flexibility index (Phi) is 4.28. The zero-order valence-corrected chi connectivity index (χ0v) is 14.8. The lowest BCUT2D eigenvalue weighted by atomic mass is 9.92. The van der Waals surface area contributed by atoms with Crippen molar-refractivity contribution < 1.29 is 0 Å². The summed E-state index contributed by atoms with van der Waals surface area (Å²) in [5.41, 5.74) is 5.75. The van der Waals surface area contributed by atoms with Gasteiger partial charge in [0.25, 0.3) is 0 Å². The highest BCUT2D eigenvalue weighted by Crippen LogP contribution is 2.44. The van der Waals surface area contributed by atoms with Crippen molar-refractivity contribution in [3.63, 3.8) is 0 Å². The Hall–Kier alpha value is -1.87. The van der Waals surface area contributed by atoms with Crippen molar-refractivity contribution in [2.24, 2.45) is 0 Å². The van der Waals surface area contributed by atoms with Crippen LogP contribution in [0.25, 0.3) is 0 Å². The molecule has 2 aliphatic rings. The van der Waals surface area contributed by atoms with E-state index in [4.69, 9.17) is 0 Å². The second kappa shape index (κ2) is 6.56. The van der Waals surface area contributed by atoms with Crippen LogP contribution >= 0.6 is 0 Å². The Balaban J connectivity index is 1.63. The number of aromatic nitrogens is 1. The minimum absolute atomic E-state index is 0.654. The summed E-state index contributed by atoms with van der Waals surface area (Å²) in [4.78, 5) is 9.47. The van der Waals surface area contributed by atoms with Gasteiger partial charge in [-0.1, -0.05) is 23.8 Å². The van der Waals surface area contributed by atoms with E-state index in [1.807, 2.05) is 18.5 Å². The number of pyridine rings is 1. The number of benzene rings is 1. The normalized spacial score (nSPS) is 23.7. The Morgan fingerprint density at radius 1 is 1.25 bits per heavy atom. The molecule has 0 spiro atoms. The first-order chi connectivity index (χ1) is 11.7. The predicted octanol–water partition coefficient (Wildman–Crippen LogP) is 3.63. The Morgan fingerprint density at radius 3 is 3.00 bits per heavy atom. The molecule has 3 nitrogen and oxygen atoms in total. The monoisotopic (exact) mass is 321 g/mol. The highest BCUT2D eigenvalue weighted by Gasteiger charge is 2.39. The average Bonchev–Trinajstić information content (AvgIpc) is 2.73. The van der Waals surface area contributed by atoms with Crippen molar-refractivity contribution in [1.29, 1.82) is 0 Å². The van der Waals surface area contributed by atoms with Gasteiger partial charge >= 0.3 is 0 Å². The Morgan fingerprint density at radius 2 is 2.17 bits per heavy atom. The van der Waals surface area contributed by atoms with E-state index in [0.29, 0.717) is 12.0 Å². The molecule has 24 heavy (non-hydrogen) atoms. The Bertz CT molecular complexity index is 697. The number of likely N-dealkylation sites (N-methyl/N-ethyl adjacent to an activating group) is 1. The van der Waals surface area contributed by atoms with E-state index < -0.39 is 0 Å². The van der Waals surface area contributed by atoms with Crippen molar-refractivity contribution in [2.45, 2.75) is 38.1 Å². The fourth-order valence-corrected chi connectivity index (χ4v) is 4.49. The minimum Gasteiger partial charge on any atom is -0.367 e. The van der Waals surface area contributed by atoms with Crippen LogP contribution in [-0.2, 0) is 6.42 Å². The van der Waals surface area contributed by atoms with E-state index in [1.165, 1.54) is 42.7 Å². The molecule has 1 fully saturated rings. The van der Waals surface area contributed by atoms with Gasteiger partial charge in [-0.15, -0.1) is 0 Å². The molecule has 2 aromatic rings. The number of fused-ring (bicyclic) bond motifs is 3. The number of aryl methyl sites for hydroxylation is 1. The molecule has 0 amide bonds. The quantitative estimate of drug-likeness (QED) is 0.860.